The standard InChI is InChI=1S/C45H36/c1-5-7-13-32-22-23-34(37(6-2)31(32)4)21-20-30(3)35-24-26-42-43-27-25-36(39-19-12-15-33-14-8-9-16-38(33)39)29-45(43)41-18-11-10-17-40(41)44(42)28-35/h5,7-29H,1,3,6H2,2,4H3/b13-7-,21-20-. The van der Waals surface area contributed by atoms with Gasteiger partial charge in [-0.15, -0.1) is 0 Å². The first kappa shape index (κ1) is 28.3. The Kier molecular flexibility index (Phi) is 7.49. The van der Waals surface area contributed by atoms with Crippen LogP contribution < -0.4 is 0 Å². The van der Waals surface area contributed by atoms with Crippen LogP contribution in [-0.4, -0.2) is 0 Å². The van der Waals surface area contributed by atoms with Crippen molar-refractivity contribution in [2.75, 3.05) is 0 Å². The Labute approximate surface area is 266 Å². The molecule has 0 fully saturated rings. The van der Waals surface area contributed by atoms with E-state index in [9.17, 15) is 0 Å². The summed E-state index contributed by atoms with van der Waals surface area (Å²) in [6, 6.07) is 42.2. The van der Waals surface area contributed by atoms with Crippen LogP contribution in [0.5, 0.6) is 0 Å². The molecule has 0 N–H and O–H groups in total. The predicted molar refractivity (Wildman–Crippen MR) is 200 cm³/mol. The van der Waals surface area contributed by atoms with Crippen LogP contribution in [-0.2, 0) is 6.42 Å². The maximum Gasteiger partial charge on any atom is -0.00928 e. The van der Waals surface area contributed by atoms with Crippen molar-refractivity contribution >= 4 is 60.8 Å². The Bertz CT molecular complexity index is 2320. The molecule has 0 radical (unpaired) electrons. The fraction of sp³-hybridized carbons (Fsp3) is 0.0667. The van der Waals surface area contributed by atoms with Gasteiger partial charge in [-0.3, -0.25) is 0 Å². The lowest BCUT2D eigenvalue weighted by Crippen LogP contribution is -1.94. The van der Waals surface area contributed by atoms with E-state index in [1.165, 1.54) is 76.5 Å². The molecule has 7 aromatic carbocycles. The largest absolute Gasteiger partial charge is 0.0991 e. The maximum absolute atomic E-state index is 4.49. The molecule has 45 heavy (non-hydrogen) atoms. The molecule has 0 amide bonds. The van der Waals surface area contributed by atoms with E-state index in [1.54, 1.807) is 0 Å². The monoisotopic (exact) mass is 576 g/mol. The summed E-state index contributed by atoms with van der Waals surface area (Å²) in [7, 11) is 0. The average molecular weight is 577 g/mol. The molecule has 216 valence electrons. The number of fused-ring (bicyclic) bond motifs is 7. The van der Waals surface area contributed by atoms with Crippen molar-refractivity contribution in [2.45, 2.75) is 20.3 Å². The smallest absolute Gasteiger partial charge is 0.00928 e. The molecular formula is C45H36. The molecule has 0 spiro atoms. The lowest BCUT2D eigenvalue weighted by molar-refractivity contribution is 1.10. The Morgan fingerprint density at radius 1 is 0.622 bits per heavy atom. The van der Waals surface area contributed by atoms with Crippen molar-refractivity contribution in [3.05, 3.63) is 174 Å². The molecule has 7 aromatic rings. The van der Waals surface area contributed by atoms with Crippen LogP contribution in [0.25, 0.3) is 71.9 Å². The Morgan fingerprint density at radius 2 is 1.27 bits per heavy atom. The van der Waals surface area contributed by atoms with E-state index >= 15 is 0 Å². The fourth-order valence-corrected chi connectivity index (χ4v) is 6.86. The van der Waals surface area contributed by atoms with Crippen molar-refractivity contribution in [1.29, 1.82) is 0 Å². The normalized spacial score (nSPS) is 11.9. The number of allylic oxidation sites excluding steroid dienone is 4. The Hall–Kier alpha value is -5.46. The van der Waals surface area contributed by atoms with E-state index in [-0.39, 0.29) is 0 Å². The first-order valence-corrected chi connectivity index (χ1v) is 15.7. The molecule has 0 aliphatic rings. The van der Waals surface area contributed by atoms with Crippen molar-refractivity contribution in [3.63, 3.8) is 0 Å². The lowest BCUT2D eigenvalue weighted by atomic mass is 9.89. The number of rotatable bonds is 7. The Morgan fingerprint density at radius 3 is 2.02 bits per heavy atom. The molecule has 0 atom stereocenters. The van der Waals surface area contributed by atoms with Crippen LogP contribution in [0.15, 0.2) is 147 Å². The van der Waals surface area contributed by atoms with E-state index < -0.39 is 0 Å². The summed E-state index contributed by atoms with van der Waals surface area (Å²) in [6.45, 7) is 12.7. The van der Waals surface area contributed by atoms with Crippen molar-refractivity contribution in [1.82, 2.24) is 0 Å². The summed E-state index contributed by atoms with van der Waals surface area (Å²) in [5.41, 5.74) is 9.80. The van der Waals surface area contributed by atoms with Crippen molar-refractivity contribution < 1.29 is 0 Å². The quantitative estimate of drug-likeness (QED) is 0.131. The summed E-state index contributed by atoms with van der Waals surface area (Å²) in [4.78, 5) is 0. The zero-order valence-corrected chi connectivity index (χ0v) is 26.0. The van der Waals surface area contributed by atoms with Crippen LogP contribution in [0.4, 0.5) is 0 Å². The summed E-state index contributed by atoms with van der Waals surface area (Å²) in [5.74, 6) is 0. The third kappa shape index (κ3) is 5.09. The van der Waals surface area contributed by atoms with Crippen molar-refractivity contribution in [2.24, 2.45) is 0 Å². The molecule has 0 aromatic heterocycles. The van der Waals surface area contributed by atoms with Crippen LogP contribution in [0.1, 0.15) is 34.7 Å². The molecule has 0 saturated heterocycles. The maximum atomic E-state index is 4.49. The zero-order valence-electron chi connectivity index (χ0n) is 26.0. The summed E-state index contributed by atoms with van der Waals surface area (Å²) < 4.78 is 0. The third-order valence-corrected chi connectivity index (χ3v) is 9.21. The third-order valence-electron chi connectivity index (χ3n) is 9.21. The summed E-state index contributed by atoms with van der Waals surface area (Å²) in [6.07, 6.45) is 11.3. The highest BCUT2D eigenvalue weighted by Crippen LogP contribution is 2.39. The fourth-order valence-electron chi connectivity index (χ4n) is 6.86. The first-order valence-electron chi connectivity index (χ1n) is 15.7. The molecule has 0 aliphatic carbocycles. The minimum atomic E-state index is 0.977. The molecule has 0 heterocycles. The van der Waals surface area contributed by atoms with Gasteiger partial charge >= 0.3 is 0 Å². The van der Waals surface area contributed by atoms with Gasteiger partial charge in [0.25, 0.3) is 0 Å². The summed E-state index contributed by atoms with van der Waals surface area (Å²) in [5, 5.41) is 10.2. The number of hydrogen-bond donors (Lipinski definition) is 0. The van der Waals surface area contributed by atoms with Gasteiger partial charge in [0.1, 0.15) is 0 Å². The van der Waals surface area contributed by atoms with E-state index in [4.69, 9.17) is 0 Å². The number of hydrogen-bond acceptors (Lipinski definition) is 0. The molecular weight excluding hydrogens is 540 g/mol. The van der Waals surface area contributed by atoms with E-state index in [0.717, 1.165) is 17.6 Å². The van der Waals surface area contributed by atoms with Crippen LogP contribution in [0.2, 0.25) is 0 Å². The van der Waals surface area contributed by atoms with Crippen LogP contribution in [0, 0.1) is 6.92 Å². The second-order valence-corrected chi connectivity index (χ2v) is 11.7. The van der Waals surface area contributed by atoms with Gasteiger partial charge in [-0.25, -0.2) is 0 Å². The van der Waals surface area contributed by atoms with Gasteiger partial charge in [-0.05, 0) is 113 Å². The van der Waals surface area contributed by atoms with E-state index in [2.05, 4.69) is 160 Å². The van der Waals surface area contributed by atoms with Gasteiger partial charge in [-0.1, -0.05) is 154 Å². The zero-order chi connectivity index (χ0) is 30.9. The highest BCUT2D eigenvalue weighted by Gasteiger charge is 2.12. The van der Waals surface area contributed by atoms with E-state index in [0.29, 0.717) is 0 Å². The van der Waals surface area contributed by atoms with Gasteiger partial charge in [0.15, 0.2) is 0 Å². The second kappa shape index (κ2) is 11.9. The molecule has 0 heteroatoms. The average Bonchev–Trinajstić information content (AvgIpc) is 3.09. The van der Waals surface area contributed by atoms with Gasteiger partial charge in [0.2, 0.25) is 0 Å². The molecule has 0 saturated carbocycles. The predicted octanol–water partition coefficient (Wildman–Crippen LogP) is 12.8. The van der Waals surface area contributed by atoms with Gasteiger partial charge in [0, 0.05) is 0 Å². The second-order valence-electron chi connectivity index (χ2n) is 11.7. The first-order chi connectivity index (χ1) is 22.1. The van der Waals surface area contributed by atoms with Gasteiger partial charge in [0.05, 0.1) is 0 Å². The minimum absolute atomic E-state index is 0.977. The topological polar surface area (TPSA) is 0 Å². The van der Waals surface area contributed by atoms with Crippen LogP contribution in [0.3, 0.4) is 0 Å². The summed E-state index contributed by atoms with van der Waals surface area (Å²) >= 11 is 0. The number of benzene rings is 7. The molecule has 0 unspecified atom stereocenters. The van der Waals surface area contributed by atoms with Crippen LogP contribution >= 0.6 is 0 Å². The lowest BCUT2D eigenvalue weighted by Gasteiger charge is -2.14. The van der Waals surface area contributed by atoms with E-state index in [1.807, 2.05) is 12.2 Å². The minimum Gasteiger partial charge on any atom is -0.0991 e. The highest BCUT2D eigenvalue weighted by molar-refractivity contribution is 6.26. The SMILES string of the molecule is C=C/C=C\c1ccc(/C=C\C(=C)c2ccc3c4ccc(-c5cccc6ccccc56)cc4c4ccccc4c3c2)c(CC)c1C. The van der Waals surface area contributed by atoms with Crippen molar-refractivity contribution in [3.8, 4) is 11.1 Å². The molecule has 0 aliphatic heterocycles. The highest BCUT2D eigenvalue weighted by atomic mass is 14.2. The van der Waals surface area contributed by atoms with Gasteiger partial charge < -0.3 is 0 Å². The molecule has 0 bridgehead atoms. The van der Waals surface area contributed by atoms with Gasteiger partial charge in [-0.2, -0.15) is 0 Å². The Balaban J connectivity index is 1.31. The molecule has 0 nitrogen and oxygen atoms in total. The molecule has 7 rings (SSSR count).